The van der Waals surface area contributed by atoms with Gasteiger partial charge in [-0.25, -0.2) is 39.9 Å². The first-order valence-corrected chi connectivity index (χ1v) is 43.3. The van der Waals surface area contributed by atoms with E-state index in [1.807, 2.05) is 60.7 Å². The first-order chi connectivity index (χ1) is 63.4. The molecule has 0 fully saturated rings. The highest BCUT2D eigenvalue weighted by molar-refractivity contribution is 6.16. The molecule has 22 aromatic rings. The van der Waals surface area contributed by atoms with E-state index >= 15 is 0 Å². The smallest absolute Gasteiger partial charge is 0.164 e. The molecule has 2 aliphatic heterocycles. The van der Waals surface area contributed by atoms with Crippen LogP contribution in [0.1, 0.15) is 44.5 Å². The van der Waals surface area contributed by atoms with Crippen LogP contribution in [-0.4, -0.2) is 39.9 Å². The molecule has 6 heterocycles. The van der Waals surface area contributed by atoms with E-state index < -0.39 is 10.8 Å². The lowest BCUT2D eigenvalue weighted by Crippen LogP contribution is -2.32. The number of ether oxygens (including phenoxy) is 2. The second-order valence-corrected chi connectivity index (χ2v) is 33.4. The number of aromatic nitrogens is 8. The lowest BCUT2D eigenvalue weighted by Gasteiger charge is -2.40. The fourth-order valence-corrected chi connectivity index (χ4v) is 20.7. The third-order valence-corrected chi connectivity index (χ3v) is 26.5. The molecule has 1 atom stereocenters. The van der Waals surface area contributed by atoms with Gasteiger partial charge in [0.25, 0.3) is 0 Å². The molecular formula is C118H70N8O2. The van der Waals surface area contributed by atoms with E-state index in [1.54, 1.807) is 0 Å². The molecule has 10 heteroatoms. The number of hydrogen-bond donors (Lipinski definition) is 0. The van der Waals surface area contributed by atoms with Crippen LogP contribution in [0.4, 0.5) is 0 Å². The summed E-state index contributed by atoms with van der Waals surface area (Å²) in [5.74, 6) is 6.58. The van der Waals surface area contributed by atoms with E-state index in [0.29, 0.717) is 34.9 Å². The third-order valence-electron chi connectivity index (χ3n) is 26.5. The number of nitrogens with zero attached hydrogens (tertiary/aromatic N) is 8. The van der Waals surface area contributed by atoms with Crippen LogP contribution >= 0.6 is 0 Å². The van der Waals surface area contributed by atoms with Crippen molar-refractivity contribution in [3.05, 3.63) is 469 Å². The van der Waals surface area contributed by atoms with Crippen molar-refractivity contribution in [3.8, 4) is 169 Å². The van der Waals surface area contributed by atoms with Gasteiger partial charge in [-0.2, -0.15) is 0 Å². The third kappa shape index (κ3) is 11.2. The fourth-order valence-electron chi connectivity index (χ4n) is 20.7. The Labute approximate surface area is 737 Å². The van der Waals surface area contributed by atoms with Gasteiger partial charge in [-0.3, -0.25) is 0 Å². The molecule has 0 N–H and O–H groups in total. The van der Waals surface area contributed by atoms with Crippen LogP contribution in [0.25, 0.3) is 190 Å². The number of hydrogen-bond acceptors (Lipinski definition) is 10. The van der Waals surface area contributed by atoms with E-state index in [-0.39, 0.29) is 0 Å². The van der Waals surface area contributed by atoms with Crippen LogP contribution in [0.2, 0.25) is 0 Å². The zero-order chi connectivity index (χ0) is 84.1. The molecule has 2 spiro atoms. The van der Waals surface area contributed by atoms with Crippen molar-refractivity contribution < 1.29 is 9.47 Å². The van der Waals surface area contributed by atoms with E-state index in [9.17, 15) is 0 Å². The zero-order valence-corrected chi connectivity index (χ0v) is 68.8. The maximum atomic E-state index is 7.43. The molecule has 2 aliphatic carbocycles. The van der Waals surface area contributed by atoms with Crippen LogP contribution in [0.15, 0.2) is 425 Å². The summed E-state index contributed by atoms with van der Waals surface area (Å²) in [6.07, 6.45) is 0. The topological polar surface area (TPSA) is 122 Å². The Morgan fingerprint density at radius 1 is 0.156 bits per heavy atom. The van der Waals surface area contributed by atoms with E-state index in [0.717, 1.165) is 195 Å². The highest BCUT2D eigenvalue weighted by Gasteiger charge is 2.53. The molecule has 0 bridgehead atoms. The highest BCUT2D eigenvalue weighted by atomic mass is 16.5. The standard InChI is InChI=1S/C118H70N8O2/c1-5-27-71(28-6-1)73-51-57-78(58-52-73)113-121-111(76-31-9-3-10-32-76)122-114(124-113)79-59-53-74(54-60-79)108-93-69-107-102(67-91(93)89-40-16-22-48-103(89)119-108)118(99-47-21-24-50-105(99)128-107)97-45-19-15-39-87(97)88-64-63-82(66-100(88)118)84-41-26-42-90-92-68-101-106(127-104-49-23-20-46-98(104)117(101)95-43-17-13-37-85(95)86-38-14-18-44-96(86)117)70-94(92)109(120-110(84)90)75-55-61-80(62-56-75)115-123-112(77-33-11-4-12-34-77)125-116(126-115)83-36-25-35-81(65-83)72-29-7-2-8-30-72/h1-70H. The highest BCUT2D eigenvalue weighted by Crippen LogP contribution is 2.66. The summed E-state index contributed by atoms with van der Waals surface area (Å²) < 4.78 is 14.8. The summed E-state index contributed by atoms with van der Waals surface area (Å²) in [4.78, 5) is 42.9. The van der Waals surface area contributed by atoms with Gasteiger partial charge >= 0.3 is 0 Å². The molecule has 0 amide bonds. The number of fused-ring (bicyclic) bond motifs is 24. The second kappa shape index (κ2) is 28.8. The summed E-state index contributed by atoms with van der Waals surface area (Å²) in [6.45, 7) is 0. The molecular weight excluding hydrogens is 1560 g/mol. The molecule has 0 saturated carbocycles. The Morgan fingerprint density at radius 2 is 0.484 bits per heavy atom. The van der Waals surface area contributed by atoms with Crippen LogP contribution in [-0.2, 0) is 10.8 Å². The van der Waals surface area contributed by atoms with Crippen molar-refractivity contribution in [2.45, 2.75) is 10.8 Å². The van der Waals surface area contributed by atoms with E-state index in [2.05, 4.69) is 364 Å². The summed E-state index contributed by atoms with van der Waals surface area (Å²) >= 11 is 0. The van der Waals surface area contributed by atoms with Crippen LogP contribution in [0.3, 0.4) is 0 Å². The first-order valence-electron chi connectivity index (χ1n) is 43.3. The average molecular weight is 1630 g/mol. The molecule has 128 heavy (non-hydrogen) atoms. The van der Waals surface area contributed by atoms with Crippen molar-refractivity contribution in [2.75, 3.05) is 0 Å². The van der Waals surface area contributed by atoms with Crippen molar-refractivity contribution in [1.29, 1.82) is 0 Å². The minimum atomic E-state index is -0.888. The molecule has 0 saturated heterocycles. The average Bonchev–Trinajstić information content (AvgIpc) is 1.50. The summed E-state index contributed by atoms with van der Waals surface area (Å²) in [6, 6.07) is 151. The molecule has 594 valence electrons. The van der Waals surface area contributed by atoms with Gasteiger partial charge in [0.2, 0.25) is 0 Å². The minimum absolute atomic E-state index is 0.553. The Kier molecular flexibility index (Phi) is 16.3. The van der Waals surface area contributed by atoms with Crippen LogP contribution in [0.5, 0.6) is 23.0 Å². The van der Waals surface area contributed by atoms with Gasteiger partial charge in [0.15, 0.2) is 34.9 Å². The number of benzene rings is 18. The zero-order valence-electron chi connectivity index (χ0n) is 68.8. The Morgan fingerprint density at radius 3 is 0.992 bits per heavy atom. The maximum Gasteiger partial charge on any atom is 0.164 e. The Bertz CT molecular complexity index is 8310. The fraction of sp³-hybridized carbons (Fsp3) is 0.0169. The van der Waals surface area contributed by atoms with Crippen molar-refractivity contribution in [2.24, 2.45) is 0 Å². The quantitative estimate of drug-likeness (QED) is 0.116. The Balaban J connectivity index is 0.650. The van der Waals surface area contributed by atoms with Gasteiger partial charge in [-0.15, -0.1) is 0 Å². The lowest BCUT2D eigenvalue weighted by molar-refractivity contribution is 0.437. The SMILES string of the molecule is c1ccc(-c2ccc(-c3nc(-c4ccccc4)nc(-c4ccc(-c5nc6ccccc6c6cc7c(cc56)Oc5ccccc5C75c6ccccc6-c6ccc(-c7cccc8c7nc(-c7ccc(-c9nc(-c%10ccccc%10)nc(-c%10cccc(-c%11ccccc%11)c%10)n9)cc7)c7cc9c(cc78)C7(c8ccccc8O9)c8ccccc8-c8ccccc87)cc65)cc4)n3)cc2)cc1. The second-order valence-electron chi connectivity index (χ2n) is 33.4. The van der Waals surface area contributed by atoms with Crippen molar-refractivity contribution in [1.82, 2.24) is 39.9 Å². The lowest BCUT2D eigenvalue weighted by atomic mass is 9.65. The predicted octanol–water partition coefficient (Wildman–Crippen LogP) is 28.7. The number of pyridine rings is 2. The van der Waals surface area contributed by atoms with Gasteiger partial charge in [0.05, 0.1) is 33.3 Å². The molecule has 1 unspecified atom stereocenters. The van der Waals surface area contributed by atoms with Crippen LogP contribution < -0.4 is 9.47 Å². The van der Waals surface area contributed by atoms with Crippen molar-refractivity contribution in [3.63, 3.8) is 0 Å². The largest absolute Gasteiger partial charge is 0.457 e. The van der Waals surface area contributed by atoms with Gasteiger partial charge < -0.3 is 9.47 Å². The minimum Gasteiger partial charge on any atom is -0.457 e. The monoisotopic (exact) mass is 1630 g/mol. The van der Waals surface area contributed by atoms with Gasteiger partial charge in [0, 0.05) is 93.9 Å². The number of rotatable bonds is 11. The molecule has 18 aromatic carbocycles. The molecule has 26 rings (SSSR count). The van der Waals surface area contributed by atoms with E-state index in [1.165, 1.54) is 27.8 Å². The molecule has 4 aromatic heterocycles. The Hall–Kier alpha value is -17.1. The summed E-state index contributed by atoms with van der Waals surface area (Å²) in [5, 5.41) is 6.04. The summed E-state index contributed by atoms with van der Waals surface area (Å²) in [5.41, 5.74) is 29.0. The number of para-hydroxylation sites is 4. The van der Waals surface area contributed by atoms with Gasteiger partial charge in [-0.1, -0.05) is 370 Å². The summed E-state index contributed by atoms with van der Waals surface area (Å²) in [7, 11) is 0. The molecule has 0 radical (unpaired) electrons. The predicted molar refractivity (Wildman–Crippen MR) is 513 cm³/mol. The molecule has 4 aliphatic rings. The first kappa shape index (κ1) is 72.5. The normalized spacial score (nSPS) is 13.8. The van der Waals surface area contributed by atoms with E-state index in [4.69, 9.17) is 49.3 Å². The molecule has 10 nitrogen and oxygen atoms in total. The van der Waals surface area contributed by atoms with Crippen LogP contribution in [0, 0.1) is 0 Å². The van der Waals surface area contributed by atoms with Gasteiger partial charge in [0.1, 0.15) is 23.0 Å². The van der Waals surface area contributed by atoms with Crippen molar-refractivity contribution >= 4 is 43.4 Å². The van der Waals surface area contributed by atoms with Gasteiger partial charge in [-0.05, 0) is 138 Å². The maximum absolute atomic E-state index is 7.43.